The molecule has 106 valence electrons. The van der Waals surface area contributed by atoms with E-state index in [0.29, 0.717) is 12.0 Å². The molecule has 1 heterocycles. The Labute approximate surface area is 115 Å². The number of halogens is 1. The summed E-state index contributed by atoms with van der Waals surface area (Å²) in [6.07, 6.45) is 1.06. The average molecular weight is 264 g/mol. The van der Waals surface area contributed by atoms with Crippen LogP contribution in [-0.4, -0.2) is 30.6 Å². The van der Waals surface area contributed by atoms with Crippen molar-refractivity contribution < 1.29 is 4.39 Å². The monoisotopic (exact) mass is 264 g/mol. The molecule has 2 nitrogen and oxygen atoms in total. The molecule has 19 heavy (non-hydrogen) atoms. The van der Waals surface area contributed by atoms with Gasteiger partial charge in [-0.2, -0.15) is 0 Å². The van der Waals surface area contributed by atoms with Gasteiger partial charge >= 0.3 is 0 Å². The highest BCUT2D eigenvalue weighted by molar-refractivity contribution is 5.20. The molecular weight excluding hydrogens is 239 g/mol. The van der Waals surface area contributed by atoms with Crippen LogP contribution >= 0.6 is 0 Å². The second kappa shape index (κ2) is 5.59. The van der Waals surface area contributed by atoms with E-state index in [4.69, 9.17) is 5.73 Å². The molecule has 2 unspecified atom stereocenters. The highest BCUT2D eigenvalue weighted by Crippen LogP contribution is 2.29. The van der Waals surface area contributed by atoms with Crippen LogP contribution in [0.5, 0.6) is 0 Å². The van der Waals surface area contributed by atoms with Gasteiger partial charge in [-0.25, -0.2) is 4.39 Å². The van der Waals surface area contributed by atoms with Gasteiger partial charge in [0.2, 0.25) is 0 Å². The van der Waals surface area contributed by atoms with Gasteiger partial charge in [0.1, 0.15) is 5.82 Å². The summed E-state index contributed by atoms with van der Waals surface area (Å²) in [5.74, 6) is 0.256. The lowest BCUT2D eigenvalue weighted by Crippen LogP contribution is -2.52. The van der Waals surface area contributed by atoms with Crippen molar-refractivity contribution in [2.24, 2.45) is 11.1 Å². The highest BCUT2D eigenvalue weighted by atomic mass is 19.1. The van der Waals surface area contributed by atoms with Gasteiger partial charge in [-0.3, -0.25) is 0 Å². The first kappa shape index (κ1) is 14.5. The van der Waals surface area contributed by atoms with Crippen molar-refractivity contribution >= 4 is 0 Å². The van der Waals surface area contributed by atoms with Gasteiger partial charge in [-0.15, -0.1) is 0 Å². The van der Waals surface area contributed by atoms with E-state index < -0.39 is 0 Å². The molecule has 3 heteroatoms. The summed E-state index contributed by atoms with van der Waals surface area (Å²) in [6.45, 7) is 9.81. The summed E-state index contributed by atoms with van der Waals surface area (Å²) >= 11 is 0. The van der Waals surface area contributed by atoms with Gasteiger partial charge in [0.05, 0.1) is 0 Å². The molecule has 2 N–H and O–H groups in total. The Balaban J connectivity index is 1.96. The maximum atomic E-state index is 12.9. The molecule has 1 aliphatic rings. The predicted octanol–water partition coefficient (Wildman–Crippen LogP) is 2.99. The van der Waals surface area contributed by atoms with Crippen LogP contribution in [0.15, 0.2) is 24.3 Å². The SMILES string of the molecule is CC(CN1CCC(N)C(C)(C)C1)c1ccc(F)cc1. The Morgan fingerprint density at radius 1 is 1.37 bits per heavy atom. The first-order chi connectivity index (χ1) is 8.88. The fourth-order valence-corrected chi connectivity index (χ4v) is 2.92. The van der Waals surface area contributed by atoms with Gasteiger partial charge in [0.25, 0.3) is 0 Å². The third-order valence-electron chi connectivity index (χ3n) is 4.36. The van der Waals surface area contributed by atoms with E-state index in [-0.39, 0.29) is 11.2 Å². The topological polar surface area (TPSA) is 29.3 Å². The number of hydrogen-bond donors (Lipinski definition) is 1. The average Bonchev–Trinajstić information content (AvgIpc) is 2.34. The summed E-state index contributed by atoms with van der Waals surface area (Å²) in [5, 5.41) is 0. The lowest BCUT2D eigenvalue weighted by Gasteiger charge is -2.43. The zero-order valence-electron chi connectivity index (χ0n) is 12.2. The standard InChI is InChI=1S/C16H25FN2/c1-12(13-4-6-14(17)7-5-13)10-19-9-8-15(18)16(2,3)11-19/h4-7,12,15H,8-11,18H2,1-3H3. The molecule has 0 amide bonds. The molecule has 1 saturated heterocycles. The van der Waals surface area contributed by atoms with E-state index in [1.165, 1.54) is 5.56 Å². The van der Waals surface area contributed by atoms with Crippen molar-refractivity contribution in [1.29, 1.82) is 0 Å². The van der Waals surface area contributed by atoms with Crippen LogP contribution in [0.1, 0.15) is 38.7 Å². The molecule has 0 aromatic heterocycles. The molecule has 1 fully saturated rings. The summed E-state index contributed by atoms with van der Waals surface area (Å²) in [7, 11) is 0. The molecule has 2 rings (SSSR count). The Morgan fingerprint density at radius 3 is 2.58 bits per heavy atom. The number of benzene rings is 1. The third-order valence-corrected chi connectivity index (χ3v) is 4.36. The van der Waals surface area contributed by atoms with E-state index in [9.17, 15) is 4.39 Å². The zero-order valence-corrected chi connectivity index (χ0v) is 12.2. The number of hydrogen-bond acceptors (Lipinski definition) is 2. The Bertz CT molecular complexity index is 413. The van der Waals surface area contributed by atoms with Crippen LogP contribution in [0.2, 0.25) is 0 Å². The molecule has 0 radical (unpaired) electrons. The van der Waals surface area contributed by atoms with Gasteiger partial charge < -0.3 is 10.6 Å². The van der Waals surface area contributed by atoms with Crippen molar-refractivity contribution in [2.45, 2.75) is 39.2 Å². The number of rotatable bonds is 3. The van der Waals surface area contributed by atoms with E-state index in [2.05, 4.69) is 25.7 Å². The molecular formula is C16H25FN2. The number of likely N-dealkylation sites (tertiary alicyclic amines) is 1. The first-order valence-electron chi connectivity index (χ1n) is 7.12. The second-order valence-electron chi connectivity index (χ2n) is 6.57. The maximum absolute atomic E-state index is 12.9. The minimum absolute atomic E-state index is 0.166. The minimum atomic E-state index is -0.166. The van der Waals surface area contributed by atoms with Crippen LogP contribution in [0.25, 0.3) is 0 Å². The number of nitrogens with zero attached hydrogens (tertiary/aromatic N) is 1. The van der Waals surface area contributed by atoms with Crippen molar-refractivity contribution in [1.82, 2.24) is 4.90 Å². The summed E-state index contributed by atoms with van der Waals surface area (Å²) in [4.78, 5) is 2.48. The Kier molecular flexibility index (Phi) is 4.26. The van der Waals surface area contributed by atoms with Crippen LogP contribution in [-0.2, 0) is 0 Å². The molecule has 1 aromatic carbocycles. The van der Waals surface area contributed by atoms with Crippen LogP contribution in [0.3, 0.4) is 0 Å². The predicted molar refractivity (Wildman–Crippen MR) is 77.6 cm³/mol. The van der Waals surface area contributed by atoms with E-state index in [1.807, 2.05) is 12.1 Å². The fraction of sp³-hybridized carbons (Fsp3) is 0.625. The number of piperidine rings is 1. The van der Waals surface area contributed by atoms with E-state index in [1.54, 1.807) is 12.1 Å². The van der Waals surface area contributed by atoms with Crippen LogP contribution < -0.4 is 5.73 Å². The lowest BCUT2D eigenvalue weighted by atomic mass is 9.79. The third kappa shape index (κ3) is 3.54. The molecule has 0 aliphatic carbocycles. The summed E-state index contributed by atoms with van der Waals surface area (Å²) in [5.41, 5.74) is 7.55. The fourth-order valence-electron chi connectivity index (χ4n) is 2.92. The zero-order chi connectivity index (χ0) is 14.0. The van der Waals surface area contributed by atoms with Crippen LogP contribution in [0, 0.1) is 11.2 Å². The Morgan fingerprint density at radius 2 is 2.00 bits per heavy atom. The maximum Gasteiger partial charge on any atom is 0.123 e. The molecule has 0 saturated carbocycles. The normalized spacial score (nSPS) is 25.2. The van der Waals surface area contributed by atoms with E-state index >= 15 is 0 Å². The van der Waals surface area contributed by atoms with Gasteiger partial charge in [-0.05, 0) is 42.0 Å². The molecule has 1 aliphatic heterocycles. The van der Waals surface area contributed by atoms with Crippen molar-refractivity contribution in [2.75, 3.05) is 19.6 Å². The first-order valence-corrected chi connectivity index (χ1v) is 7.12. The largest absolute Gasteiger partial charge is 0.327 e. The van der Waals surface area contributed by atoms with Crippen molar-refractivity contribution in [3.8, 4) is 0 Å². The van der Waals surface area contributed by atoms with Crippen LogP contribution in [0.4, 0.5) is 4.39 Å². The summed E-state index contributed by atoms with van der Waals surface area (Å²) < 4.78 is 12.9. The molecule has 2 atom stereocenters. The highest BCUT2D eigenvalue weighted by Gasteiger charge is 2.33. The lowest BCUT2D eigenvalue weighted by molar-refractivity contribution is 0.0915. The second-order valence-corrected chi connectivity index (χ2v) is 6.57. The van der Waals surface area contributed by atoms with Crippen molar-refractivity contribution in [3.05, 3.63) is 35.6 Å². The summed E-state index contributed by atoms with van der Waals surface area (Å²) in [6, 6.07) is 7.16. The van der Waals surface area contributed by atoms with Gasteiger partial charge in [0, 0.05) is 19.1 Å². The minimum Gasteiger partial charge on any atom is -0.327 e. The molecule has 0 bridgehead atoms. The van der Waals surface area contributed by atoms with E-state index in [0.717, 1.165) is 26.1 Å². The smallest absolute Gasteiger partial charge is 0.123 e. The molecule has 1 aromatic rings. The van der Waals surface area contributed by atoms with Crippen molar-refractivity contribution in [3.63, 3.8) is 0 Å². The number of nitrogens with two attached hydrogens (primary N) is 1. The van der Waals surface area contributed by atoms with Gasteiger partial charge in [0.15, 0.2) is 0 Å². The van der Waals surface area contributed by atoms with Gasteiger partial charge in [-0.1, -0.05) is 32.9 Å². The quantitative estimate of drug-likeness (QED) is 0.909. The Hall–Kier alpha value is -0.930. The molecule has 0 spiro atoms.